The van der Waals surface area contributed by atoms with Gasteiger partial charge in [-0.15, -0.1) is 10.2 Å². The topological polar surface area (TPSA) is 110 Å². The fourth-order valence-corrected chi connectivity index (χ4v) is 3.37. The maximum absolute atomic E-state index is 12.3. The van der Waals surface area contributed by atoms with Crippen molar-refractivity contribution in [3.8, 4) is 5.75 Å². The molecule has 0 bridgehead atoms. The largest absolute Gasteiger partial charge is 0.491 e. The molecule has 9 heteroatoms. The molecule has 1 aromatic heterocycles. The second-order valence-electron chi connectivity index (χ2n) is 6.95. The third kappa shape index (κ3) is 4.30. The highest BCUT2D eigenvalue weighted by Crippen LogP contribution is 2.22. The number of hydrogen-bond acceptors (Lipinski definition) is 6. The van der Waals surface area contributed by atoms with E-state index >= 15 is 0 Å². The highest BCUT2D eigenvalue weighted by molar-refractivity contribution is 5.80. The minimum atomic E-state index is -0.968. The van der Waals surface area contributed by atoms with Crippen molar-refractivity contribution in [1.29, 1.82) is 0 Å². The van der Waals surface area contributed by atoms with Gasteiger partial charge in [-0.3, -0.25) is 14.5 Å². The number of rotatable bonds is 7. The monoisotopic (exact) mass is 387 g/mol. The van der Waals surface area contributed by atoms with Crippen LogP contribution in [0.25, 0.3) is 0 Å². The van der Waals surface area contributed by atoms with Crippen molar-refractivity contribution in [2.45, 2.75) is 39.9 Å². The lowest BCUT2D eigenvalue weighted by molar-refractivity contribution is -0.145. The van der Waals surface area contributed by atoms with E-state index in [0.717, 1.165) is 16.9 Å². The van der Waals surface area contributed by atoms with E-state index in [1.165, 1.54) is 0 Å². The number of aromatic nitrogens is 3. The van der Waals surface area contributed by atoms with E-state index in [4.69, 9.17) is 4.74 Å². The van der Waals surface area contributed by atoms with Gasteiger partial charge >= 0.3 is 5.97 Å². The first kappa shape index (κ1) is 19.8. The molecule has 0 aliphatic carbocycles. The van der Waals surface area contributed by atoms with E-state index in [9.17, 15) is 14.7 Å². The Bertz CT molecular complexity index is 859. The van der Waals surface area contributed by atoms with Crippen LogP contribution in [0.4, 0.5) is 0 Å². The van der Waals surface area contributed by atoms with E-state index in [1.54, 1.807) is 16.4 Å². The molecule has 1 unspecified atom stereocenters. The molecule has 1 amide bonds. The lowest BCUT2D eigenvalue weighted by Crippen LogP contribution is -2.51. The van der Waals surface area contributed by atoms with Crippen LogP contribution in [0.5, 0.6) is 5.75 Å². The van der Waals surface area contributed by atoms with E-state index in [0.29, 0.717) is 24.8 Å². The molecule has 0 saturated heterocycles. The minimum Gasteiger partial charge on any atom is -0.491 e. The van der Waals surface area contributed by atoms with Crippen molar-refractivity contribution in [2.75, 3.05) is 19.7 Å². The molecule has 0 fully saturated rings. The van der Waals surface area contributed by atoms with Crippen LogP contribution in [0.3, 0.4) is 0 Å². The predicted molar refractivity (Wildman–Crippen MR) is 101 cm³/mol. The summed E-state index contributed by atoms with van der Waals surface area (Å²) in [5, 5.41) is 20.4. The average molecular weight is 387 g/mol. The third-order valence-electron chi connectivity index (χ3n) is 4.86. The van der Waals surface area contributed by atoms with Crippen molar-refractivity contribution in [3.05, 3.63) is 41.0 Å². The number of carboxylic acid groups (broad SMARTS) is 1. The molecule has 3 rings (SSSR count). The zero-order chi connectivity index (χ0) is 20.3. The minimum absolute atomic E-state index is 0.0216. The molecule has 1 aliphatic heterocycles. The number of amides is 1. The van der Waals surface area contributed by atoms with Crippen LogP contribution in [0.15, 0.2) is 18.2 Å². The van der Waals surface area contributed by atoms with Crippen molar-refractivity contribution < 1.29 is 19.4 Å². The summed E-state index contributed by atoms with van der Waals surface area (Å²) < 4.78 is 7.56. The number of ether oxygens (including phenoxy) is 1. The summed E-state index contributed by atoms with van der Waals surface area (Å²) in [6.07, 6.45) is 0. The lowest BCUT2D eigenvalue weighted by atomic mass is 10.1. The van der Waals surface area contributed by atoms with Crippen LogP contribution in [0.2, 0.25) is 0 Å². The number of aryl methyl sites for hydroxylation is 3. The van der Waals surface area contributed by atoms with Gasteiger partial charge in [0.25, 0.3) is 0 Å². The van der Waals surface area contributed by atoms with E-state index in [-0.39, 0.29) is 25.5 Å². The number of nitrogens with zero attached hydrogens (tertiary/aromatic N) is 4. The van der Waals surface area contributed by atoms with E-state index in [2.05, 4.69) is 15.5 Å². The molecule has 150 valence electrons. The molecular weight excluding hydrogens is 362 g/mol. The number of benzene rings is 1. The van der Waals surface area contributed by atoms with Crippen LogP contribution in [0.1, 0.15) is 22.8 Å². The van der Waals surface area contributed by atoms with Gasteiger partial charge in [-0.05, 0) is 31.9 Å². The van der Waals surface area contributed by atoms with Crippen LogP contribution in [-0.4, -0.2) is 62.4 Å². The Kier molecular flexibility index (Phi) is 5.93. The molecule has 1 aromatic carbocycles. The summed E-state index contributed by atoms with van der Waals surface area (Å²) in [5.41, 5.74) is 2.09. The van der Waals surface area contributed by atoms with Crippen LogP contribution in [-0.2, 0) is 22.7 Å². The molecule has 0 radical (unpaired) electrons. The molecule has 2 heterocycles. The normalized spacial score (nSPS) is 16.5. The van der Waals surface area contributed by atoms with Gasteiger partial charge in [-0.2, -0.15) is 0 Å². The SMILES string of the molecule is Cc1cccc(C)c1OCCNC(=O)CN1Cc2nnc(C)n2CC1C(=O)O. The van der Waals surface area contributed by atoms with Crippen LogP contribution < -0.4 is 10.1 Å². The molecule has 1 atom stereocenters. The van der Waals surface area contributed by atoms with E-state index in [1.807, 2.05) is 32.0 Å². The quantitative estimate of drug-likeness (QED) is 0.672. The highest BCUT2D eigenvalue weighted by atomic mass is 16.5. The second-order valence-corrected chi connectivity index (χ2v) is 6.95. The first-order valence-electron chi connectivity index (χ1n) is 9.18. The summed E-state index contributed by atoms with van der Waals surface area (Å²) in [7, 11) is 0. The fraction of sp³-hybridized carbons (Fsp3) is 0.474. The van der Waals surface area contributed by atoms with Gasteiger partial charge in [-0.1, -0.05) is 18.2 Å². The number of aliphatic carboxylic acids is 1. The summed E-state index contributed by atoms with van der Waals surface area (Å²) in [6, 6.07) is 5.13. The molecule has 9 nitrogen and oxygen atoms in total. The summed E-state index contributed by atoms with van der Waals surface area (Å²) in [5.74, 6) is 0.953. The maximum Gasteiger partial charge on any atom is 0.322 e. The Morgan fingerprint density at radius 2 is 1.96 bits per heavy atom. The molecule has 2 aromatic rings. The number of carbonyl (C=O) groups is 2. The van der Waals surface area contributed by atoms with Crippen molar-refractivity contribution in [2.24, 2.45) is 0 Å². The Morgan fingerprint density at radius 1 is 1.25 bits per heavy atom. The van der Waals surface area contributed by atoms with Crippen molar-refractivity contribution in [1.82, 2.24) is 25.0 Å². The first-order chi connectivity index (χ1) is 13.4. The Hall–Kier alpha value is -2.94. The van der Waals surface area contributed by atoms with Gasteiger partial charge in [0.15, 0.2) is 0 Å². The average Bonchev–Trinajstić information content (AvgIpc) is 3.00. The van der Waals surface area contributed by atoms with Gasteiger partial charge in [-0.25, -0.2) is 0 Å². The number of nitrogens with one attached hydrogen (secondary N) is 1. The number of fused-ring (bicyclic) bond motifs is 1. The Balaban J connectivity index is 1.52. The first-order valence-corrected chi connectivity index (χ1v) is 9.18. The highest BCUT2D eigenvalue weighted by Gasteiger charge is 2.34. The fourth-order valence-electron chi connectivity index (χ4n) is 3.37. The molecule has 0 spiro atoms. The van der Waals surface area contributed by atoms with Gasteiger partial charge in [0.05, 0.1) is 26.2 Å². The molecule has 1 aliphatic rings. The zero-order valence-corrected chi connectivity index (χ0v) is 16.3. The number of hydrogen-bond donors (Lipinski definition) is 2. The Morgan fingerprint density at radius 3 is 2.64 bits per heavy atom. The van der Waals surface area contributed by atoms with Crippen molar-refractivity contribution in [3.63, 3.8) is 0 Å². The van der Waals surface area contributed by atoms with Gasteiger partial charge in [0.2, 0.25) is 5.91 Å². The van der Waals surface area contributed by atoms with Crippen LogP contribution >= 0.6 is 0 Å². The third-order valence-corrected chi connectivity index (χ3v) is 4.86. The maximum atomic E-state index is 12.3. The van der Waals surface area contributed by atoms with Gasteiger partial charge < -0.3 is 19.7 Å². The molecule has 28 heavy (non-hydrogen) atoms. The Labute approximate surface area is 163 Å². The molecular formula is C19H25N5O4. The number of carboxylic acids is 1. The van der Waals surface area contributed by atoms with E-state index < -0.39 is 12.0 Å². The van der Waals surface area contributed by atoms with Crippen molar-refractivity contribution >= 4 is 11.9 Å². The van der Waals surface area contributed by atoms with Crippen LogP contribution in [0, 0.1) is 20.8 Å². The number of carbonyl (C=O) groups excluding carboxylic acids is 1. The summed E-state index contributed by atoms with van der Waals surface area (Å²) in [4.78, 5) is 25.5. The predicted octanol–water partition coefficient (Wildman–Crippen LogP) is 0.667. The standard InChI is InChI=1S/C19H25N5O4/c1-12-5-4-6-13(2)18(12)28-8-7-20-17(25)11-23-10-16-22-21-14(3)24(16)9-15(23)19(26)27/h4-6,15H,7-11H2,1-3H3,(H,20,25)(H,26,27). The number of para-hydroxylation sites is 1. The summed E-state index contributed by atoms with van der Waals surface area (Å²) in [6.45, 7) is 6.89. The summed E-state index contributed by atoms with van der Waals surface area (Å²) >= 11 is 0. The molecule has 0 saturated carbocycles. The van der Waals surface area contributed by atoms with Gasteiger partial charge in [0, 0.05) is 0 Å². The second kappa shape index (κ2) is 8.39. The molecule has 2 N–H and O–H groups in total. The zero-order valence-electron chi connectivity index (χ0n) is 16.3. The smallest absolute Gasteiger partial charge is 0.322 e. The lowest BCUT2D eigenvalue weighted by Gasteiger charge is -2.32. The van der Waals surface area contributed by atoms with Gasteiger partial charge in [0.1, 0.15) is 30.0 Å².